The molecule has 0 saturated carbocycles. The maximum Gasteiger partial charge on any atom is 0.226 e. The quantitative estimate of drug-likeness (QED) is 0.830. The molecule has 0 radical (unpaired) electrons. The number of nitrogens with one attached hydrogen (secondary N) is 1. The molecule has 18 heavy (non-hydrogen) atoms. The van der Waals surface area contributed by atoms with Crippen molar-refractivity contribution in [2.75, 3.05) is 6.61 Å². The van der Waals surface area contributed by atoms with Gasteiger partial charge in [-0.15, -0.1) is 11.3 Å². The van der Waals surface area contributed by atoms with Gasteiger partial charge in [-0.3, -0.25) is 4.79 Å². The number of amides is 1. The van der Waals surface area contributed by atoms with Crippen LogP contribution in [0.3, 0.4) is 0 Å². The molecule has 0 aromatic carbocycles. The van der Waals surface area contributed by atoms with Crippen LogP contribution in [0.1, 0.15) is 44.3 Å². The lowest BCUT2D eigenvalue weighted by molar-refractivity contribution is -0.121. The molecule has 0 aliphatic heterocycles. The zero-order valence-corrected chi connectivity index (χ0v) is 12.3. The van der Waals surface area contributed by atoms with Crippen LogP contribution in [-0.4, -0.2) is 28.6 Å². The van der Waals surface area contributed by atoms with Gasteiger partial charge in [-0.25, -0.2) is 4.98 Å². The summed E-state index contributed by atoms with van der Waals surface area (Å²) in [6.07, 6.45) is 0.311. The highest BCUT2D eigenvalue weighted by molar-refractivity contribution is 7.09. The molecule has 0 aliphatic carbocycles. The van der Waals surface area contributed by atoms with E-state index < -0.39 is 0 Å². The standard InChI is InChI=1S/C13H22N2O2S/c1-8(2)13-15-11(7-18-13)5-12(17)14-10(4)9(3)6-16/h7-10,16H,5-6H2,1-4H3,(H,14,17). The summed E-state index contributed by atoms with van der Waals surface area (Å²) < 4.78 is 0. The molecule has 1 aromatic heterocycles. The number of nitrogens with zero attached hydrogens (tertiary/aromatic N) is 1. The molecule has 1 amide bonds. The van der Waals surface area contributed by atoms with Crippen molar-refractivity contribution in [1.82, 2.24) is 10.3 Å². The Labute approximate surface area is 112 Å². The van der Waals surface area contributed by atoms with Crippen molar-refractivity contribution in [3.63, 3.8) is 0 Å². The molecule has 1 rings (SSSR count). The predicted molar refractivity (Wildman–Crippen MR) is 73.8 cm³/mol. The fourth-order valence-electron chi connectivity index (χ4n) is 1.44. The Morgan fingerprint density at radius 3 is 2.61 bits per heavy atom. The summed E-state index contributed by atoms with van der Waals surface area (Å²) in [4.78, 5) is 16.2. The Morgan fingerprint density at radius 2 is 2.11 bits per heavy atom. The van der Waals surface area contributed by atoms with E-state index in [4.69, 9.17) is 5.11 Å². The van der Waals surface area contributed by atoms with E-state index in [2.05, 4.69) is 24.1 Å². The van der Waals surface area contributed by atoms with E-state index in [0.717, 1.165) is 10.7 Å². The second kappa shape index (κ2) is 6.85. The number of carbonyl (C=O) groups excluding carboxylic acids is 1. The molecule has 1 aromatic rings. The Balaban J connectivity index is 2.49. The van der Waals surface area contributed by atoms with Gasteiger partial charge in [0.05, 0.1) is 17.1 Å². The van der Waals surface area contributed by atoms with Crippen molar-refractivity contribution in [2.24, 2.45) is 5.92 Å². The highest BCUT2D eigenvalue weighted by atomic mass is 32.1. The van der Waals surface area contributed by atoms with Gasteiger partial charge in [0.25, 0.3) is 0 Å². The minimum absolute atomic E-state index is 0.0225. The van der Waals surface area contributed by atoms with Crippen LogP contribution in [0.4, 0.5) is 0 Å². The number of aliphatic hydroxyl groups excluding tert-OH is 1. The van der Waals surface area contributed by atoms with Gasteiger partial charge in [-0.2, -0.15) is 0 Å². The smallest absolute Gasteiger partial charge is 0.226 e. The van der Waals surface area contributed by atoms with Crippen LogP contribution in [0, 0.1) is 5.92 Å². The normalized spacial score (nSPS) is 14.6. The van der Waals surface area contributed by atoms with Gasteiger partial charge < -0.3 is 10.4 Å². The number of aromatic nitrogens is 1. The number of rotatable bonds is 6. The summed E-state index contributed by atoms with van der Waals surface area (Å²) in [6, 6.07) is -0.0225. The van der Waals surface area contributed by atoms with E-state index >= 15 is 0 Å². The Bertz CT molecular complexity index is 390. The lowest BCUT2D eigenvalue weighted by Crippen LogP contribution is -2.39. The molecule has 1 heterocycles. The van der Waals surface area contributed by atoms with E-state index in [1.165, 1.54) is 0 Å². The summed E-state index contributed by atoms with van der Waals surface area (Å²) in [5, 5.41) is 14.9. The van der Waals surface area contributed by atoms with Crippen molar-refractivity contribution in [2.45, 2.75) is 46.1 Å². The number of thiazole rings is 1. The summed E-state index contributed by atoms with van der Waals surface area (Å²) in [5.41, 5.74) is 0.824. The van der Waals surface area contributed by atoms with E-state index in [1.54, 1.807) is 11.3 Å². The first kappa shape index (κ1) is 15.1. The lowest BCUT2D eigenvalue weighted by atomic mass is 10.1. The van der Waals surface area contributed by atoms with Gasteiger partial charge in [-0.05, 0) is 12.8 Å². The highest BCUT2D eigenvalue weighted by Crippen LogP contribution is 2.19. The third-order valence-corrected chi connectivity index (χ3v) is 4.13. The average Bonchev–Trinajstić information content (AvgIpc) is 2.76. The largest absolute Gasteiger partial charge is 0.396 e. The van der Waals surface area contributed by atoms with E-state index in [9.17, 15) is 4.79 Å². The highest BCUT2D eigenvalue weighted by Gasteiger charge is 2.15. The Hall–Kier alpha value is -0.940. The molecule has 0 fully saturated rings. The van der Waals surface area contributed by atoms with Crippen molar-refractivity contribution in [3.8, 4) is 0 Å². The molecular weight excluding hydrogens is 248 g/mol. The summed E-state index contributed by atoms with van der Waals surface area (Å²) in [5.74, 6) is 0.430. The molecule has 2 unspecified atom stereocenters. The maximum atomic E-state index is 11.8. The minimum atomic E-state index is -0.0385. The van der Waals surface area contributed by atoms with Crippen LogP contribution in [0.2, 0.25) is 0 Å². The second-order valence-corrected chi connectivity index (χ2v) is 5.91. The molecule has 0 aliphatic rings. The van der Waals surface area contributed by atoms with Gasteiger partial charge >= 0.3 is 0 Å². The van der Waals surface area contributed by atoms with Crippen molar-refractivity contribution < 1.29 is 9.90 Å². The second-order valence-electron chi connectivity index (χ2n) is 5.02. The first-order valence-electron chi connectivity index (χ1n) is 6.28. The van der Waals surface area contributed by atoms with Gasteiger partial charge in [0.2, 0.25) is 5.91 Å². The Morgan fingerprint density at radius 1 is 1.44 bits per heavy atom. The maximum absolute atomic E-state index is 11.8. The first-order valence-corrected chi connectivity index (χ1v) is 7.16. The Kier molecular flexibility index (Phi) is 5.75. The van der Waals surface area contributed by atoms with Crippen LogP contribution in [0.15, 0.2) is 5.38 Å². The molecule has 4 nitrogen and oxygen atoms in total. The molecule has 2 N–H and O–H groups in total. The van der Waals surface area contributed by atoms with Crippen LogP contribution in [0.25, 0.3) is 0 Å². The summed E-state index contributed by atoms with van der Waals surface area (Å²) in [7, 11) is 0. The summed E-state index contributed by atoms with van der Waals surface area (Å²) in [6.45, 7) is 8.07. The van der Waals surface area contributed by atoms with E-state index in [-0.39, 0.29) is 24.5 Å². The van der Waals surface area contributed by atoms with E-state index in [1.807, 2.05) is 19.2 Å². The number of carbonyl (C=O) groups is 1. The number of aliphatic hydroxyl groups is 1. The molecule has 0 bridgehead atoms. The first-order chi connectivity index (χ1) is 8.43. The lowest BCUT2D eigenvalue weighted by Gasteiger charge is -2.18. The van der Waals surface area contributed by atoms with Gasteiger partial charge in [-0.1, -0.05) is 20.8 Å². The topological polar surface area (TPSA) is 62.2 Å². The van der Waals surface area contributed by atoms with Gasteiger partial charge in [0, 0.05) is 23.9 Å². The van der Waals surface area contributed by atoms with Crippen molar-refractivity contribution in [1.29, 1.82) is 0 Å². The number of hydrogen-bond acceptors (Lipinski definition) is 4. The molecule has 5 heteroatoms. The molecule has 0 saturated heterocycles. The fourth-order valence-corrected chi connectivity index (χ4v) is 2.27. The number of hydrogen-bond donors (Lipinski definition) is 2. The molecular formula is C13H22N2O2S. The SMILES string of the molecule is CC(C)c1nc(CC(=O)NC(C)C(C)CO)cs1. The van der Waals surface area contributed by atoms with Crippen LogP contribution in [-0.2, 0) is 11.2 Å². The average molecular weight is 270 g/mol. The molecule has 2 atom stereocenters. The van der Waals surface area contributed by atoms with Gasteiger partial charge in [0.15, 0.2) is 0 Å². The summed E-state index contributed by atoms with van der Waals surface area (Å²) >= 11 is 1.60. The fraction of sp³-hybridized carbons (Fsp3) is 0.692. The zero-order chi connectivity index (χ0) is 13.7. The third-order valence-electron chi connectivity index (χ3n) is 2.94. The minimum Gasteiger partial charge on any atom is -0.396 e. The monoisotopic (exact) mass is 270 g/mol. The molecule has 0 spiro atoms. The van der Waals surface area contributed by atoms with E-state index in [0.29, 0.717) is 12.3 Å². The van der Waals surface area contributed by atoms with Crippen LogP contribution in [0.5, 0.6) is 0 Å². The van der Waals surface area contributed by atoms with Crippen LogP contribution >= 0.6 is 11.3 Å². The zero-order valence-electron chi connectivity index (χ0n) is 11.4. The van der Waals surface area contributed by atoms with Crippen molar-refractivity contribution in [3.05, 3.63) is 16.1 Å². The van der Waals surface area contributed by atoms with Crippen LogP contribution < -0.4 is 5.32 Å². The van der Waals surface area contributed by atoms with Gasteiger partial charge in [0.1, 0.15) is 0 Å². The van der Waals surface area contributed by atoms with Crippen molar-refractivity contribution >= 4 is 17.2 Å². The third kappa shape index (κ3) is 4.38. The predicted octanol–water partition coefficient (Wildman–Crippen LogP) is 1.94. The molecule has 102 valence electrons.